The van der Waals surface area contributed by atoms with Crippen molar-refractivity contribution >= 4 is 40.4 Å². The molecular formula is C23H23N3O4S. The van der Waals surface area contributed by atoms with Gasteiger partial charge in [-0.3, -0.25) is 24.1 Å². The molecule has 1 aliphatic carbocycles. The summed E-state index contributed by atoms with van der Waals surface area (Å²) in [7, 11) is 0. The van der Waals surface area contributed by atoms with Gasteiger partial charge in [0.1, 0.15) is 0 Å². The normalized spacial score (nSPS) is 16.6. The van der Waals surface area contributed by atoms with Gasteiger partial charge in [0.15, 0.2) is 0 Å². The molecule has 2 fully saturated rings. The lowest BCUT2D eigenvalue weighted by molar-refractivity contribution is -0.125. The molecule has 0 unspecified atom stereocenters. The van der Waals surface area contributed by atoms with Gasteiger partial charge in [0.2, 0.25) is 5.91 Å². The maximum absolute atomic E-state index is 12.6. The number of imide groups is 1. The first kappa shape index (κ1) is 21.1. The fraction of sp³-hybridized carbons (Fsp3) is 0.304. The molecule has 1 heterocycles. The highest BCUT2D eigenvalue weighted by Crippen LogP contribution is 2.22. The Morgan fingerprint density at radius 1 is 0.968 bits per heavy atom. The molecule has 2 aromatic carbocycles. The second-order valence-corrected chi connectivity index (χ2v) is 8.65. The van der Waals surface area contributed by atoms with E-state index in [1.165, 1.54) is 4.90 Å². The average Bonchev–Trinajstić information content (AvgIpc) is 3.39. The monoisotopic (exact) mass is 437 g/mol. The molecule has 1 saturated carbocycles. The maximum Gasteiger partial charge on any atom is 0.289 e. The predicted octanol–water partition coefficient (Wildman–Crippen LogP) is 3.81. The highest BCUT2D eigenvalue weighted by atomic mass is 32.2. The molecule has 0 spiro atoms. The van der Waals surface area contributed by atoms with Gasteiger partial charge in [0, 0.05) is 22.9 Å². The van der Waals surface area contributed by atoms with E-state index in [4.69, 9.17) is 0 Å². The van der Waals surface area contributed by atoms with E-state index in [1.54, 1.807) is 48.5 Å². The molecular weight excluding hydrogens is 414 g/mol. The number of benzene rings is 2. The standard InChI is InChI=1S/C23H23N3O4S/c27-20-14-31-23(30)26(20)13-15-4-3-5-17(12-15)22(29)25-19-10-8-16(9-11-19)21(28)24-18-6-1-2-7-18/h3-5,8-12,18H,1-2,6-7,13-14H2,(H,24,28)(H,25,29). The van der Waals surface area contributed by atoms with Gasteiger partial charge >= 0.3 is 0 Å². The minimum absolute atomic E-state index is 0.0957. The number of nitrogens with zero attached hydrogens (tertiary/aromatic N) is 1. The van der Waals surface area contributed by atoms with Crippen LogP contribution in [-0.4, -0.2) is 39.7 Å². The van der Waals surface area contributed by atoms with Gasteiger partial charge in [0.05, 0.1) is 12.3 Å². The van der Waals surface area contributed by atoms with Crippen molar-refractivity contribution in [3.63, 3.8) is 0 Å². The van der Waals surface area contributed by atoms with Gasteiger partial charge in [-0.25, -0.2) is 0 Å². The van der Waals surface area contributed by atoms with Crippen LogP contribution in [0, 0.1) is 0 Å². The summed E-state index contributed by atoms with van der Waals surface area (Å²) < 4.78 is 0. The Labute approximate surface area is 184 Å². The minimum atomic E-state index is -0.307. The Morgan fingerprint density at radius 3 is 2.39 bits per heavy atom. The average molecular weight is 438 g/mol. The number of nitrogens with one attached hydrogen (secondary N) is 2. The Kier molecular flexibility index (Phi) is 6.36. The third-order valence-electron chi connectivity index (χ3n) is 5.47. The number of rotatable bonds is 6. The minimum Gasteiger partial charge on any atom is -0.349 e. The third kappa shape index (κ3) is 5.14. The van der Waals surface area contributed by atoms with Crippen LogP contribution in [0.1, 0.15) is 52.0 Å². The molecule has 160 valence electrons. The predicted molar refractivity (Wildman–Crippen MR) is 119 cm³/mol. The number of carbonyl (C=O) groups excluding carboxylic acids is 4. The smallest absolute Gasteiger partial charge is 0.289 e. The zero-order valence-electron chi connectivity index (χ0n) is 16.9. The molecule has 2 aromatic rings. The summed E-state index contributed by atoms with van der Waals surface area (Å²) in [6.45, 7) is 0.149. The summed E-state index contributed by atoms with van der Waals surface area (Å²) in [6, 6.07) is 13.9. The van der Waals surface area contributed by atoms with E-state index in [9.17, 15) is 19.2 Å². The largest absolute Gasteiger partial charge is 0.349 e. The molecule has 1 aliphatic heterocycles. The number of carbonyl (C=O) groups is 4. The van der Waals surface area contributed by atoms with E-state index in [-0.39, 0.29) is 41.3 Å². The summed E-state index contributed by atoms with van der Waals surface area (Å²) in [5.74, 6) is -0.463. The van der Waals surface area contributed by atoms with Crippen LogP contribution >= 0.6 is 11.8 Å². The van der Waals surface area contributed by atoms with E-state index in [2.05, 4.69) is 10.6 Å². The summed E-state index contributed by atoms with van der Waals surface area (Å²) in [5, 5.41) is 5.59. The van der Waals surface area contributed by atoms with Crippen molar-refractivity contribution in [2.75, 3.05) is 11.1 Å². The van der Waals surface area contributed by atoms with Crippen LogP contribution in [0.2, 0.25) is 0 Å². The lowest BCUT2D eigenvalue weighted by Crippen LogP contribution is -2.32. The molecule has 4 amide bonds. The first-order valence-corrected chi connectivity index (χ1v) is 11.3. The Hall–Kier alpha value is -3.13. The van der Waals surface area contributed by atoms with Crippen LogP contribution in [0.25, 0.3) is 0 Å². The van der Waals surface area contributed by atoms with Gasteiger partial charge in [-0.2, -0.15) is 0 Å². The van der Waals surface area contributed by atoms with E-state index in [1.807, 2.05) is 0 Å². The molecule has 0 aromatic heterocycles. The molecule has 1 saturated heterocycles. The quantitative estimate of drug-likeness (QED) is 0.717. The summed E-state index contributed by atoms with van der Waals surface area (Å²) in [5.41, 5.74) is 2.27. The highest BCUT2D eigenvalue weighted by Gasteiger charge is 2.29. The zero-order chi connectivity index (χ0) is 21.8. The van der Waals surface area contributed by atoms with E-state index >= 15 is 0 Å². The number of anilines is 1. The molecule has 0 atom stereocenters. The maximum atomic E-state index is 12.6. The van der Waals surface area contributed by atoms with Crippen LogP contribution in [0.15, 0.2) is 48.5 Å². The Morgan fingerprint density at radius 2 is 1.71 bits per heavy atom. The lowest BCUT2D eigenvalue weighted by Gasteiger charge is -2.14. The van der Waals surface area contributed by atoms with Gasteiger partial charge in [-0.1, -0.05) is 36.7 Å². The molecule has 8 heteroatoms. The fourth-order valence-electron chi connectivity index (χ4n) is 3.77. The van der Waals surface area contributed by atoms with Crippen molar-refractivity contribution in [1.29, 1.82) is 0 Å². The highest BCUT2D eigenvalue weighted by molar-refractivity contribution is 8.14. The van der Waals surface area contributed by atoms with Crippen molar-refractivity contribution in [3.05, 3.63) is 65.2 Å². The van der Waals surface area contributed by atoms with Gasteiger partial charge in [-0.15, -0.1) is 0 Å². The first-order valence-electron chi connectivity index (χ1n) is 10.3. The van der Waals surface area contributed by atoms with Crippen molar-refractivity contribution in [2.24, 2.45) is 0 Å². The van der Waals surface area contributed by atoms with Gasteiger partial charge < -0.3 is 10.6 Å². The SMILES string of the molecule is O=C(Nc1ccc(C(=O)NC2CCCC2)cc1)c1cccc(CN2C(=O)CSC2=O)c1. The Bertz CT molecular complexity index is 1000. The third-order valence-corrected chi connectivity index (χ3v) is 6.32. The Balaban J connectivity index is 1.37. The van der Waals surface area contributed by atoms with E-state index in [0.717, 1.165) is 37.4 Å². The van der Waals surface area contributed by atoms with Crippen molar-refractivity contribution in [1.82, 2.24) is 10.2 Å². The summed E-state index contributed by atoms with van der Waals surface area (Å²) in [6.07, 6.45) is 4.36. The molecule has 4 rings (SSSR count). The number of thioether (sulfide) groups is 1. The second-order valence-electron chi connectivity index (χ2n) is 7.72. The van der Waals surface area contributed by atoms with Crippen LogP contribution < -0.4 is 10.6 Å². The van der Waals surface area contributed by atoms with Gasteiger partial charge in [0.25, 0.3) is 17.1 Å². The number of hydrogen-bond donors (Lipinski definition) is 2. The fourth-order valence-corrected chi connectivity index (χ4v) is 4.50. The van der Waals surface area contributed by atoms with Crippen molar-refractivity contribution in [3.8, 4) is 0 Å². The summed E-state index contributed by atoms with van der Waals surface area (Å²) in [4.78, 5) is 49.7. The zero-order valence-corrected chi connectivity index (χ0v) is 17.7. The molecule has 31 heavy (non-hydrogen) atoms. The van der Waals surface area contributed by atoms with E-state index in [0.29, 0.717) is 22.4 Å². The van der Waals surface area contributed by atoms with Crippen molar-refractivity contribution in [2.45, 2.75) is 38.3 Å². The first-order chi connectivity index (χ1) is 15.0. The van der Waals surface area contributed by atoms with Crippen molar-refractivity contribution < 1.29 is 19.2 Å². The van der Waals surface area contributed by atoms with Gasteiger partial charge in [-0.05, 0) is 54.8 Å². The molecule has 2 aliphatic rings. The summed E-state index contributed by atoms with van der Waals surface area (Å²) >= 11 is 0.986. The topological polar surface area (TPSA) is 95.6 Å². The molecule has 7 nitrogen and oxygen atoms in total. The number of hydrogen-bond acceptors (Lipinski definition) is 5. The van der Waals surface area contributed by atoms with Crippen LogP contribution in [0.4, 0.5) is 10.5 Å². The van der Waals surface area contributed by atoms with E-state index < -0.39 is 0 Å². The molecule has 0 radical (unpaired) electrons. The lowest BCUT2D eigenvalue weighted by atomic mass is 10.1. The van der Waals surface area contributed by atoms with Crippen LogP contribution in [0.5, 0.6) is 0 Å². The molecule has 2 N–H and O–H groups in total. The molecule has 0 bridgehead atoms. The second kappa shape index (κ2) is 9.34. The van der Waals surface area contributed by atoms with Crippen LogP contribution in [-0.2, 0) is 11.3 Å². The van der Waals surface area contributed by atoms with Crippen LogP contribution in [0.3, 0.4) is 0 Å². The number of amides is 4.